The van der Waals surface area contributed by atoms with Crippen LogP contribution in [0.3, 0.4) is 0 Å². The molecule has 2 aromatic heterocycles. The number of aromatic nitrogens is 3. The second-order valence-corrected chi connectivity index (χ2v) is 15.9. The van der Waals surface area contributed by atoms with E-state index in [0.29, 0.717) is 77.6 Å². The molecule has 0 unspecified atom stereocenters. The number of thiazole rings is 1. The molecule has 3 aromatic rings. The van der Waals surface area contributed by atoms with Gasteiger partial charge in [-0.1, -0.05) is 62.8 Å². The van der Waals surface area contributed by atoms with Crippen LogP contribution in [0, 0.1) is 24.7 Å². The van der Waals surface area contributed by atoms with E-state index in [9.17, 15) is 4.79 Å². The smallest absolute Gasteiger partial charge is 0.267 e. The Morgan fingerprint density at radius 3 is 2.53 bits per heavy atom. The molecule has 0 saturated carbocycles. The van der Waals surface area contributed by atoms with Gasteiger partial charge in [-0.05, 0) is 32.0 Å². The van der Waals surface area contributed by atoms with Crippen molar-refractivity contribution in [3.05, 3.63) is 63.6 Å². The summed E-state index contributed by atoms with van der Waals surface area (Å²) in [6, 6.07) is 7.39. The number of hydrogen-bond acceptors (Lipinski definition) is 14. The second-order valence-electron chi connectivity index (χ2n) is 14.5. The van der Waals surface area contributed by atoms with E-state index in [1.165, 1.54) is 17.5 Å². The lowest BCUT2D eigenvalue weighted by Crippen LogP contribution is -2.47. The van der Waals surface area contributed by atoms with Crippen LogP contribution in [0.5, 0.6) is 0 Å². The summed E-state index contributed by atoms with van der Waals surface area (Å²) in [6.07, 6.45) is 3.26. The summed E-state index contributed by atoms with van der Waals surface area (Å²) in [6.45, 7) is 19.5. The van der Waals surface area contributed by atoms with Gasteiger partial charge in [0.2, 0.25) is 0 Å². The van der Waals surface area contributed by atoms with Crippen LogP contribution >= 0.6 is 22.9 Å². The molecule has 16 heteroatoms. The number of ether oxygens (including phenoxy) is 2. The predicted molar refractivity (Wildman–Crippen MR) is 206 cm³/mol. The minimum atomic E-state index is -0.276. The zero-order chi connectivity index (χ0) is 37.2. The number of hydrazine groups is 1. The molecule has 0 bridgehead atoms. The van der Waals surface area contributed by atoms with E-state index in [4.69, 9.17) is 38.4 Å². The summed E-state index contributed by atoms with van der Waals surface area (Å²) in [5, 5.41) is 8.76. The number of amides is 1. The van der Waals surface area contributed by atoms with E-state index in [1.54, 1.807) is 17.3 Å². The molecule has 1 aliphatic rings. The first-order chi connectivity index (χ1) is 24.1. The molecule has 1 amide bonds. The van der Waals surface area contributed by atoms with Crippen LogP contribution in [-0.2, 0) is 9.47 Å². The van der Waals surface area contributed by atoms with E-state index < -0.39 is 0 Å². The van der Waals surface area contributed by atoms with Crippen LogP contribution in [0.4, 0.5) is 22.5 Å². The predicted octanol–water partition coefficient (Wildman–Crippen LogP) is 4.34. The van der Waals surface area contributed by atoms with Crippen molar-refractivity contribution in [2.75, 3.05) is 87.8 Å². The molecule has 1 aromatic carbocycles. The molecule has 0 aliphatic carbocycles. The molecular weight excluding hydrogens is 690 g/mol. The number of para-hydroxylation sites is 1. The van der Waals surface area contributed by atoms with Crippen LogP contribution in [0.1, 0.15) is 48.8 Å². The molecule has 1 aliphatic heterocycles. The summed E-state index contributed by atoms with van der Waals surface area (Å²) >= 11 is 7.52. The number of hydrogen-bond donors (Lipinski definition) is 5. The molecule has 4 rings (SSSR count). The maximum atomic E-state index is 12.9. The van der Waals surface area contributed by atoms with Gasteiger partial charge in [-0.3, -0.25) is 9.69 Å². The Balaban J connectivity index is 1.18. The van der Waals surface area contributed by atoms with Crippen molar-refractivity contribution in [3.63, 3.8) is 0 Å². The number of nitrogens with zero attached hydrogens (tertiary/aromatic N) is 6. The number of anilines is 4. The van der Waals surface area contributed by atoms with Gasteiger partial charge in [-0.25, -0.2) is 20.8 Å². The standard InChI is InChI=1S/C35H54ClN11O3S/c1-24-8-7-9-27(36)31(24)44-32(48)28-17-40-33(51-28)43-29-16-30(42-25(2)41-29)46-12-10-45(11-13-46)14-15-49-19-26(38)18-47(39)21-35(5,6)23-50-22-34(3,4)20-37/h7-9,16-18H,10-15,19-23,37-39H2,1-6H3,(H,44,48)(H,40,41,42,43)/b26-18-. The number of piperazine rings is 1. The summed E-state index contributed by atoms with van der Waals surface area (Å²) in [4.78, 5) is 31.5. The lowest BCUT2D eigenvalue weighted by molar-refractivity contribution is 0.00917. The molecule has 3 heterocycles. The number of aryl methyl sites for hydroxylation is 2. The number of nitrogens with one attached hydrogen (secondary N) is 2. The third-order valence-electron chi connectivity index (χ3n) is 8.25. The van der Waals surface area contributed by atoms with Crippen molar-refractivity contribution < 1.29 is 14.3 Å². The van der Waals surface area contributed by atoms with E-state index in [0.717, 1.165) is 44.1 Å². The number of carbonyl (C=O) groups is 1. The average molecular weight is 744 g/mol. The molecule has 8 N–H and O–H groups in total. The van der Waals surface area contributed by atoms with Crippen LogP contribution in [0.15, 0.2) is 42.4 Å². The first-order valence-corrected chi connectivity index (χ1v) is 18.3. The highest BCUT2D eigenvalue weighted by atomic mass is 35.5. The minimum Gasteiger partial charge on any atom is -0.399 e. The highest BCUT2D eigenvalue weighted by Crippen LogP contribution is 2.29. The maximum Gasteiger partial charge on any atom is 0.267 e. The zero-order valence-electron chi connectivity index (χ0n) is 30.7. The van der Waals surface area contributed by atoms with E-state index in [-0.39, 0.29) is 16.7 Å². The number of carbonyl (C=O) groups excluding carboxylic acids is 1. The van der Waals surface area contributed by atoms with Crippen molar-refractivity contribution in [3.8, 4) is 0 Å². The minimum absolute atomic E-state index is 0.0530. The highest BCUT2D eigenvalue weighted by Gasteiger charge is 2.24. The molecule has 0 spiro atoms. The lowest BCUT2D eigenvalue weighted by atomic mass is 9.93. The summed E-state index contributed by atoms with van der Waals surface area (Å²) in [5.74, 6) is 8.04. The largest absolute Gasteiger partial charge is 0.399 e. The Bertz CT molecular complexity index is 1610. The van der Waals surface area contributed by atoms with Gasteiger partial charge in [0.25, 0.3) is 5.91 Å². The quantitative estimate of drug-likeness (QED) is 0.0705. The van der Waals surface area contributed by atoms with Crippen LogP contribution in [0.25, 0.3) is 0 Å². The average Bonchev–Trinajstić information content (AvgIpc) is 3.53. The number of rotatable bonds is 18. The molecule has 0 atom stereocenters. The summed E-state index contributed by atoms with van der Waals surface area (Å²) < 4.78 is 11.8. The van der Waals surface area contributed by atoms with Crippen LogP contribution in [-0.4, -0.2) is 103 Å². The van der Waals surface area contributed by atoms with Crippen molar-refractivity contribution >= 4 is 51.3 Å². The fraction of sp³-hybridized carbons (Fsp3) is 0.543. The lowest BCUT2D eigenvalue weighted by Gasteiger charge is -2.35. The Morgan fingerprint density at radius 2 is 1.82 bits per heavy atom. The van der Waals surface area contributed by atoms with Gasteiger partial charge in [-0.2, -0.15) is 0 Å². The monoisotopic (exact) mass is 743 g/mol. The van der Waals surface area contributed by atoms with Crippen molar-refractivity contribution in [2.24, 2.45) is 28.1 Å². The van der Waals surface area contributed by atoms with Crippen molar-refractivity contribution in [1.82, 2.24) is 24.9 Å². The highest BCUT2D eigenvalue weighted by molar-refractivity contribution is 7.17. The SMILES string of the molecule is Cc1nc(Nc2ncc(C(=O)Nc3c(C)cccc3Cl)s2)cc(N2CCN(CCOC/C(N)=C/N(N)CC(C)(C)COCC(C)(C)CN)CC2)n1. The first kappa shape index (κ1) is 40.2. The molecule has 14 nitrogen and oxygen atoms in total. The second kappa shape index (κ2) is 18.3. The molecule has 0 radical (unpaired) electrons. The zero-order valence-corrected chi connectivity index (χ0v) is 32.2. The number of halogens is 1. The third kappa shape index (κ3) is 12.9. The Labute approximate surface area is 310 Å². The first-order valence-electron chi connectivity index (χ1n) is 17.1. The van der Waals surface area contributed by atoms with E-state index in [2.05, 4.69) is 63.1 Å². The Morgan fingerprint density at radius 1 is 1.10 bits per heavy atom. The summed E-state index contributed by atoms with van der Waals surface area (Å²) in [7, 11) is 0. The summed E-state index contributed by atoms with van der Waals surface area (Å²) in [5.41, 5.74) is 13.8. The third-order valence-corrected chi connectivity index (χ3v) is 9.47. The van der Waals surface area contributed by atoms with Crippen LogP contribution < -0.4 is 32.8 Å². The van der Waals surface area contributed by atoms with Crippen LogP contribution in [0.2, 0.25) is 5.02 Å². The van der Waals surface area contributed by atoms with Gasteiger partial charge in [-0.15, -0.1) is 0 Å². The van der Waals surface area contributed by atoms with Gasteiger partial charge >= 0.3 is 0 Å². The topological polar surface area (TPSA) is 186 Å². The molecule has 51 heavy (non-hydrogen) atoms. The van der Waals surface area contributed by atoms with E-state index >= 15 is 0 Å². The number of nitrogens with two attached hydrogens (primary N) is 3. The van der Waals surface area contributed by atoms with Crippen molar-refractivity contribution in [2.45, 2.75) is 41.5 Å². The van der Waals surface area contributed by atoms with Crippen molar-refractivity contribution in [1.29, 1.82) is 0 Å². The van der Waals surface area contributed by atoms with E-state index in [1.807, 2.05) is 32.0 Å². The normalized spacial score (nSPS) is 14.5. The number of benzene rings is 1. The maximum absolute atomic E-state index is 12.9. The van der Waals surface area contributed by atoms with Gasteiger partial charge in [0.05, 0.1) is 49.0 Å². The Kier molecular flexibility index (Phi) is 14.4. The molecular formula is C35H54ClN11O3S. The fourth-order valence-corrected chi connectivity index (χ4v) is 6.36. The molecule has 280 valence electrons. The van der Waals surface area contributed by atoms with Gasteiger partial charge in [0, 0.05) is 62.4 Å². The Hall–Kier alpha value is -3.57. The molecule has 1 fully saturated rings. The molecule has 1 saturated heterocycles. The van der Waals surface area contributed by atoms with Gasteiger partial charge in [0.15, 0.2) is 5.13 Å². The van der Waals surface area contributed by atoms with Gasteiger partial charge < -0.3 is 41.5 Å². The van der Waals surface area contributed by atoms with Gasteiger partial charge in [0.1, 0.15) is 22.3 Å². The fourth-order valence-electron chi connectivity index (χ4n) is 5.37.